The Morgan fingerprint density at radius 1 is 1.11 bits per heavy atom. The summed E-state index contributed by atoms with van der Waals surface area (Å²) in [6.07, 6.45) is 7.24. The van der Waals surface area contributed by atoms with Crippen molar-refractivity contribution >= 4 is 5.91 Å². The van der Waals surface area contributed by atoms with Gasteiger partial charge in [0.2, 0.25) is 5.91 Å². The summed E-state index contributed by atoms with van der Waals surface area (Å²) in [7, 11) is 0. The SMILES string of the molecule is CCC(C)CC(C)NC(C)C(=O)N1CCCCCC1. The lowest BCUT2D eigenvalue weighted by molar-refractivity contribution is -0.133. The maximum absolute atomic E-state index is 12.4. The second-order valence-electron chi connectivity index (χ2n) is 6.28. The van der Waals surface area contributed by atoms with Crippen LogP contribution in [-0.2, 0) is 4.79 Å². The van der Waals surface area contributed by atoms with Crippen LogP contribution in [0.5, 0.6) is 0 Å². The van der Waals surface area contributed by atoms with E-state index in [4.69, 9.17) is 0 Å². The number of rotatable bonds is 6. The van der Waals surface area contributed by atoms with Crippen LogP contribution in [0.4, 0.5) is 0 Å². The molecule has 1 rings (SSSR count). The Labute approximate surface area is 119 Å². The highest BCUT2D eigenvalue weighted by Gasteiger charge is 2.22. The van der Waals surface area contributed by atoms with Gasteiger partial charge < -0.3 is 10.2 Å². The minimum Gasteiger partial charge on any atom is -0.341 e. The number of carbonyl (C=O) groups excluding carboxylic acids is 1. The minimum absolute atomic E-state index is 0.0443. The lowest BCUT2D eigenvalue weighted by Crippen LogP contribution is -2.48. The molecule has 1 fully saturated rings. The number of nitrogens with one attached hydrogen (secondary N) is 1. The second kappa shape index (κ2) is 8.57. The van der Waals surface area contributed by atoms with Crippen molar-refractivity contribution in [1.82, 2.24) is 10.2 Å². The lowest BCUT2D eigenvalue weighted by Gasteiger charge is -2.27. The Bertz CT molecular complexity index is 259. The highest BCUT2D eigenvalue weighted by Crippen LogP contribution is 2.13. The van der Waals surface area contributed by atoms with Crippen molar-refractivity contribution in [2.45, 2.75) is 78.3 Å². The minimum atomic E-state index is -0.0443. The van der Waals surface area contributed by atoms with E-state index < -0.39 is 0 Å². The van der Waals surface area contributed by atoms with Gasteiger partial charge in [-0.1, -0.05) is 33.1 Å². The summed E-state index contributed by atoms with van der Waals surface area (Å²) in [4.78, 5) is 14.5. The molecule has 0 aromatic carbocycles. The zero-order chi connectivity index (χ0) is 14.3. The normalized spacial score (nSPS) is 21.6. The molecule has 1 heterocycles. The zero-order valence-electron chi connectivity index (χ0n) is 13.2. The molecule has 0 aromatic rings. The molecule has 19 heavy (non-hydrogen) atoms. The molecular formula is C16H32N2O. The predicted octanol–water partition coefficient (Wildman–Crippen LogP) is 3.19. The third-order valence-electron chi connectivity index (χ3n) is 4.28. The molecule has 1 N–H and O–H groups in total. The maximum atomic E-state index is 12.4. The van der Waals surface area contributed by atoms with E-state index in [0.29, 0.717) is 6.04 Å². The highest BCUT2D eigenvalue weighted by atomic mass is 16.2. The van der Waals surface area contributed by atoms with Crippen molar-refractivity contribution in [2.24, 2.45) is 5.92 Å². The van der Waals surface area contributed by atoms with Gasteiger partial charge in [-0.25, -0.2) is 0 Å². The molecule has 0 aromatic heterocycles. The quantitative estimate of drug-likeness (QED) is 0.802. The fourth-order valence-corrected chi connectivity index (χ4v) is 2.90. The summed E-state index contributed by atoms with van der Waals surface area (Å²) < 4.78 is 0. The van der Waals surface area contributed by atoms with Crippen molar-refractivity contribution < 1.29 is 4.79 Å². The third-order valence-corrected chi connectivity index (χ3v) is 4.28. The number of hydrogen-bond donors (Lipinski definition) is 1. The molecule has 112 valence electrons. The maximum Gasteiger partial charge on any atom is 0.239 e. The molecule has 3 unspecified atom stereocenters. The Morgan fingerprint density at radius 3 is 2.21 bits per heavy atom. The van der Waals surface area contributed by atoms with Crippen LogP contribution in [0.15, 0.2) is 0 Å². The Hall–Kier alpha value is -0.570. The van der Waals surface area contributed by atoms with E-state index in [1.807, 2.05) is 6.92 Å². The average molecular weight is 268 g/mol. The largest absolute Gasteiger partial charge is 0.341 e. The van der Waals surface area contributed by atoms with Crippen LogP contribution in [0.3, 0.4) is 0 Å². The topological polar surface area (TPSA) is 32.3 Å². The van der Waals surface area contributed by atoms with Gasteiger partial charge in [-0.3, -0.25) is 4.79 Å². The first-order chi connectivity index (χ1) is 9.04. The molecule has 1 aliphatic rings. The van der Waals surface area contributed by atoms with Crippen molar-refractivity contribution in [3.05, 3.63) is 0 Å². The van der Waals surface area contributed by atoms with Gasteiger partial charge in [-0.2, -0.15) is 0 Å². The first-order valence-electron chi connectivity index (χ1n) is 8.09. The number of hydrogen-bond acceptors (Lipinski definition) is 2. The molecule has 3 heteroatoms. The molecule has 0 spiro atoms. The average Bonchev–Trinajstić information content (AvgIpc) is 2.66. The first-order valence-corrected chi connectivity index (χ1v) is 8.09. The van der Waals surface area contributed by atoms with E-state index in [2.05, 4.69) is 31.0 Å². The van der Waals surface area contributed by atoms with Gasteiger partial charge in [-0.15, -0.1) is 0 Å². The number of carbonyl (C=O) groups is 1. The van der Waals surface area contributed by atoms with E-state index in [9.17, 15) is 4.79 Å². The van der Waals surface area contributed by atoms with Crippen molar-refractivity contribution in [1.29, 1.82) is 0 Å². The summed E-state index contributed by atoms with van der Waals surface area (Å²) in [5.41, 5.74) is 0. The van der Waals surface area contributed by atoms with E-state index in [1.54, 1.807) is 0 Å². The van der Waals surface area contributed by atoms with Gasteiger partial charge in [0.25, 0.3) is 0 Å². The van der Waals surface area contributed by atoms with Crippen molar-refractivity contribution in [3.63, 3.8) is 0 Å². The molecule has 3 atom stereocenters. The summed E-state index contributed by atoms with van der Waals surface area (Å²) in [5, 5.41) is 3.47. The zero-order valence-corrected chi connectivity index (χ0v) is 13.2. The van der Waals surface area contributed by atoms with Gasteiger partial charge in [0.05, 0.1) is 6.04 Å². The lowest BCUT2D eigenvalue weighted by atomic mass is 10.00. The van der Waals surface area contributed by atoms with Crippen LogP contribution in [0, 0.1) is 5.92 Å². The van der Waals surface area contributed by atoms with Gasteiger partial charge in [0.1, 0.15) is 0 Å². The Kier molecular flexibility index (Phi) is 7.44. The number of likely N-dealkylation sites (tertiary alicyclic amines) is 1. The molecule has 1 saturated heterocycles. The molecule has 0 saturated carbocycles. The van der Waals surface area contributed by atoms with Crippen molar-refractivity contribution in [2.75, 3.05) is 13.1 Å². The summed E-state index contributed by atoms with van der Waals surface area (Å²) >= 11 is 0. The summed E-state index contributed by atoms with van der Waals surface area (Å²) in [6, 6.07) is 0.373. The van der Waals surface area contributed by atoms with Crippen LogP contribution in [0.1, 0.15) is 66.2 Å². The standard InChI is InChI=1S/C16H32N2O/c1-5-13(2)12-14(3)17-15(4)16(19)18-10-8-6-7-9-11-18/h13-15,17H,5-12H2,1-4H3. The molecule has 0 radical (unpaired) electrons. The fourth-order valence-electron chi connectivity index (χ4n) is 2.90. The smallest absolute Gasteiger partial charge is 0.239 e. The summed E-state index contributed by atoms with van der Waals surface area (Å²) in [5.74, 6) is 1.01. The summed E-state index contributed by atoms with van der Waals surface area (Å²) in [6.45, 7) is 10.6. The Morgan fingerprint density at radius 2 is 1.68 bits per heavy atom. The third kappa shape index (κ3) is 5.94. The van der Waals surface area contributed by atoms with Crippen LogP contribution < -0.4 is 5.32 Å². The van der Waals surface area contributed by atoms with Crippen LogP contribution in [0.25, 0.3) is 0 Å². The molecule has 0 aliphatic carbocycles. The number of amides is 1. The molecular weight excluding hydrogens is 236 g/mol. The van der Waals surface area contributed by atoms with Gasteiger partial charge in [-0.05, 0) is 39.0 Å². The van der Waals surface area contributed by atoms with Crippen LogP contribution in [0.2, 0.25) is 0 Å². The number of nitrogens with zero attached hydrogens (tertiary/aromatic N) is 1. The Balaban J connectivity index is 2.38. The molecule has 0 bridgehead atoms. The van der Waals surface area contributed by atoms with Gasteiger partial charge >= 0.3 is 0 Å². The van der Waals surface area contributed by atoms with Crippen LogP contribution in [-0.4, -0.2) is 36.0 Å². The van der Waals surface area contributed by atoms with E-state index >= 15 is 0 Å². The predicted molar refractivity (Wildman–Crippen MR) is 81.2 cm³/mol. The van der Waals surface area contributed by atoms with Crippen molar-refractivity contribution in [3.8, 4) is 0 Å². The first kappa shape index (κ1) is 16.5. The fraction of sp³-hybridized carbons (Fsp3) is 0.938. The molecule has 3 nitrogen and oxygen atoms in total. The highest BCUT2D eigenvalue weighted by molar-refractivity contribution is 5.81. The van der Waals surface area contributed by atoms with Gasteiger partial charge in [0, 0.05) is 19.1 Å². The molecule has 1 amide bonds. The van der Waals surface area contributed by atoms with Crippen LogP contribution >= 0.6 is 0 Å². The monoisotopic (exact) mass is 268 g/mol. The van der Waals surface area contributed by atoms with Gasteiger partial charge in [0.15, 0.2) is 0 Å². The molecule has 1 aliphatic heterocycles. The van der Waals surface area contributed by atoms with E-state index in [-0.39, 0.29) is 11.9 Å². The second-order valence-corrected chi connectivity index (χ2v) is 6.28. The van der Waals surface area contributed by atoms with E-state index in [0.717, 1.165) is 25.4 Å². The van der Waals surface area contributed by atoms with E-state index in [1.165, 1.54) is 32.1 Å².